The molecule has 26 heavy (non-hydrogen) atoms. The average Bonchev–Trinajstić information content (AvgIpc) is 2.67. The van der Waals surface area contributed by atoms with Crippen LogP contribution < -0.4 is 14.8 Å². The zero-order chi connectivity index (χ0) is 18.9. The number of amides is 1. The van der Waals surface area contributed by atoms with E-state index in [1.165, 1.54) is 6.08 Å². The smallest absolute Gasteiger partial charge is 0.266 e. The summed E-state index contributed by atoms with van der Waals surface area (Å²) in [5, 5.41) is 12.3. The molecule has 0 aliphatic rings. The van der Waals surface area contributed by atoms with Gasteiger partial charge in [-0.2, -0.15) is 5.26 Å². The fourth-order valence-corrected chi connectivity index (χ4v) is 2.49. The second kappa shape index (κ2) is 9.28. The maximum Gasteiger partial charge on any atom is 0.266 e. The van der Waals surface area contributed by atoms with Crippen molar-refractivity contribution in [1.29, 1.82) is 5.26 Å². The molecular weight excluding hydrogens is 328 g/mol. The van der Waals surface area contributed by atoms with Crippen molar-refractivity contribution in [2.24, 2.45) is 0 Å². The van der Waals surface area contributed by atoms with Gasteiger partial charge < -0.3 is 14.8 Å². The van der Waals surface area contributed by atoms with Crippen LogP contribution in [0, 0.1) is 11.3 Å². The summed E-state index contributed by atoms with van der Waals surface area (Å²) >= 11 is 0. The van der Waals surface area contributed by atoms with Gasteiger partial charge in [0.2, 0.25) is 0 Å². The number of nitrogens with zero attached hydrogens (tertiary/aromatic N) is 1. The molecule has 0 radical (unpaired) electrons. The molecule has 0 spiro atoms. The Labute approximate surface area is 153 Å². The summed E-state index contributed by atoms with van der Waals surface area (Å²) in [4.78, 5) is 12.5. The summed E-state index contributed by atoms with van der Waals surface area (Å²) in [5.74, 6) is 0.749. The van der Waals surface area contributed by atoms with Crippen LogP contribution in [0.5, 0.6) is 11.5 Å². The van der Waals surface area contributed by atoms with Crippen LogP contribution in [0.4, 0.5) is 5.69 Å². The van der Waals surface area contributed by atoms with Crippen LogP contribution in [0.15, 0.2) is 48.0 Å². The lowest BCUT2D eigenvalue weighted by molar-refractivity contribution is -0.112. The van der Waals surface area contributed by atoms with E-state index >= 15 is 0 Å². The Bertz CT molecular complexity index is 851. The number of benzene rings is 2. The minimum atomic E-state index is -0.452. The molecule has 0 saturated heterocycles. The van der Waals surface area contributed by atoms with E-state index in [-0.39, 0.29) is 5.57 Å². The van der Waals surface area contributed by atoms with E-state index in [1.54, 1.807) is 25.3 Å². The summed E-state index contributed by atoms with van der Waals surface area (Å²) < 4.78 is 10.8. The highest BCUT2D eigenvalue weighted by Gasteiger charge is 2.13. The van der Waals surface area contributed by atoms with Gasteiger partial charge in [-0.25, -0.2) is 0 Å². The number of para-hydroxylation sites is 1. The standard InChI is InChI=1S/C21H22N2O3/c1-4-15-8-6-7-9-19(15)23-21(24)17(14-22)12-16-10-11-18(25-3)13-20(16)26-5-2/h6-13H,4-5H2,1-3H3,(H,23,24)/b17-12+. The van der Waals surface area contributed by atoms with Crippen LogP contribution in [0.1, 0.15) is 25.0 Å². The van der Waals surface area contributed by atoms with Gasteiger partial charge in [0.1, 0.15) is 23.1 Å². The van der Waals surface area contributed by atoms with Crippen molar-refractivity contribution in [2.45, 2.75) is 20.3 Å². The topological polar surface area (TPSA) is 71.3 Å². The van der Waals surface area contributed by atoms with E-state index in [2.05, 4.69) is 5.32 Å². The van der Waals surface area contributed by atoms with Crippen molar-refractivity contribution >= 4 is 17.7 Å². The van der Waals surface area contributed by atoms with E-state index < -0.39 is 5.91 Å². The molecule has 5 nitrogen and oxygen atoms in total. The first-order chi connectivity index (χ1) is 12.6. The highest BCUT2D eigenvalue weighted by Crippen LogP contribution is 2.27. The molecule has 1 amide bonds. The molecule has 0 heterocycles. The number of nitrogens with one attached hydrogen (secondary N) is 1. The second-order valence-corrected chi connectivity index (χ2v) is 5.47. The van der Waals surface area contributed by atoms with Gasteiger partial charge in [0.25, 0.3) is 5.91 Å². The third kappa shape index (κ3) is 4.64. The largest absolute Gasteiger partial charge is 0.497 e. The molecule has 0 fully saturated rings. The number of carbonyl (C=O) groups excluding carboxylic acids is 1. The predicted molar refractivity (Wildman–Crippen MR) is 102 cm³/mol. The molecule has 5 heteroatoms. The van der Waals surface area contributed by atoms with Crippen molar-refractivity contribution in [3.8, 4) is 17.6 Å². The number of nitriles is 1. The van der Waals surface area contributed by atoms with Gasteiger partial charge >= 0.3 is 0 Å². The van der Waals surface area contributed by atoms with Gasteiger partial charge in [-0.05, 0) is 43.2 Å². The number of hydrogen-bond donors (Lipinski definition) is 1. The number of ether oxygens (including phenoxy) is 2. The van der Waals surface area contributed by atoms with Crippen LogP contribution in [0.3, 0.4) is 0 Å². The first kappa shape index (κ1) is 19.1. The molecule has 0 aliphatic carbocycles. The zero-order valence-corrected chi connectivity index (χ0v) is 15.2. The number of carbonyl (C=O) groups is 1. The van der Waals surface area contributed by atoms with E-state index in [4.69, 9.17) is 9.47 Å². The Morgan fingerprint density at radius 2 is 2.00 bits per heavy atom. The number of methoxy groups -OCH3 is 1. The number of rotatable bonds is 7. The summed E-state index contributed by atoms with van der Waals surface area (Å²) in [6.07, 6.45) is 2.31. The lowest BCUT2D eigenvalue weighted by Gasteiger charge is -2.11. The number of aryl methyl sites for hydroxylation is 1. The lowest BCUT2D eigenvalue weighted by Crippen LogP contribution is -2.14. The van der Waals surface area contributed by atoms with Crippen molar-refractivity contribution in [1.82, 2.24) is 0 Å². The SMILES string of the molecule is CCOc1cc(OC)ccc1/C=C(\C#N)C(=O)Nc1ccccc1CC. The molecule has 2 aromatic rings. The average molecular weight is 350 g/mol. The molecular formula is C21H22N2O3. The molecule has 134 valence electrons. The van der Waals surface area contributed by atoms with Crippen molar-refractivity contribution < 1.29 is 14.3 Å². The second-order valence-electron chi connectivity index (χ2n) is 5.47. The maximum atomic E-state index is 12.5. The minimum absolute atomic E-state index is 0.00188. The minimum Gasteiger partial charge on any atom is -0.497 e. The lowest BCUT2D eigenvalue weighted by atomic mass is 10.1. The Kier molecular flexibility index (Phi) is 6.81. The fourth-order valence-electron chi connectivity index (χ4n) is 2.49. The Balaban J connectivity index is 2.32. The van der Waals surface area contributed by atoms with Gasteiger partial charge in [-0.1, -0.05) is 25.1 Å². The normalized spacial score (nSPS) is 10.8. The van der Waals surface area contributed by atoms with Gasteiger partial charge in [0.05, 0.1) is 13.7 Å². The first-order valence-electron chi connectivity index (χ1n) is 8.44. The quantitative estimate of drug-likeness (QED) is 0.600. The highest BCUT2D eigenvalue weighted by atomic mass is 16.5. The van der Waals surface area contributed by atoms with E-state index in [9.17, 15) is 10.1 Å². The van der Waals surface area contributed by atoms with Crippen LogP contribution in [0.25, 0.3) is 6.08 Å². The Morgan fingerprint density at radius 1 is 1.23 bits per heavy atom. The number of anilines is 1. The molecule has 0 atom stereocenters. The first-order valence-corrected chi connectivity index (χ1v) is 8.44. The van der Waals surface area contributed by atoms with Crippen molar-refractivity contribution in [2.75, 3.05) is 19.0 Å². The predicted octanol–water partition coefficient (Wildman–Crippen LogP) is 4.20. The van der Waals surface area contributed by atoms with Crippen molar-refractivity contribution in [3.05, 3.63) is 59.2 Å². The van der Waals surface area contributed by atoms with Crippen LogP contribution in [-0.4, -0.2) is 19.6 Å². The Morgan fingerprint density at radius 3 is 2.65 bits per heavy atom. The molecule has 0 bridgehead atoms. The van der Waals surface area contributed by atoms with Crippen LogP contribution in [-0.2, 0) is 11.2 Å². The highest BCUT2D eigenvalue weighted by molar-refractivity contribution is 6.10. The van der Waals surface area contributed by atoms with Crippen LogP contribution in [0.2, 0.25) is 0 Å². The number of hydrogen-bond acceptors (Lipinski definition) is 4. The van der Waals surface area contributed by atoms with Gasteiger partial charge in [0, 0.05) is 17.3 Å². The Hall–Kier alpha value is -3.26. The zero-order valence-electron chi connectivity index (χ0n) is 15.2. The summed E-state index contributed by atoms with van der Waals surface area (Å²) in [5.41, 5.74) is 2.36. The molecule has 2 rings (SSSR count). The molecule has 0 saturated carbocycles. The summed E-state index contributed by atoms with van der Waals surface area (Å²) in [6.45, 7) is 4.34. The molecule has 2 aromatic carbocycles. The van der Waals surface area contributed by atoms with Gasteiger partial charge in [-0.3, -0.25) is 4.79 Å². The summed E-state index contributed by atoms with van der Waals surface area (Å²) in [6, 6.07) is 14.8. The molecule has 0 unspecified atom stereocenters. The molecule has 0 aromatic heterocycles. The molecule has 0 aliphatic heterocycles. The fraction of sp³-hybridized carbons (Fsp3) is 0.238. The van der Waals surface area contributed by atoms with Gasteiger partial charge in [-0.15, -0.1) is 0 Å². The third-order valence-corrected chi connectivity index (χ3v) is 3.83. The molecule has 1 N–H and O–H groups in total. The van der Waals surface area contributed by atoms with E-state index in [1.807, 2.05) is 44.2 Å². The van der Waals surface area contributed by atoms with Crippen molar-refractivity contribution in [3.63, 3.8) is 0 Å². The van der Waals surface area contributed by atoms with E-state index in [0.717, 1.165) is 12.0 Å². The monoisotopic (exact) mass is 350 g/mol. The third-order valence-electron chi connectivity index (χ3n) is 3.83. The summed E-state index contributed by atoms with van der Waals surface area (Å²) in [7, 11) is 1.57. The van der Waals surface area contributed by atoms with E-state index in [0.29, 0.717) is 29.4 Å². The van der Waals surface area contributed by atoms with Gasteiger partial charge in [0.15, 0.2) is 0 Å². The van der Waals surface area contributed by atoms with Crippen LogP contribution >= 0.6 is 0 Å². The maximum absolute atomic E-state index is 12.5.